The van der Waals surface area contributed by atoms with Crippen LogP contribution in [-0.4, -0.2) is 9.97 Å². The highest BCUT2D eigenvalue weighted by Gasteiger charge is 2.09. The topological polar surface area (TPSA) is 54.7 Å². The Balaban J connectivity index is 2.27. The van der Waals surface area contributed by atoms with Crippen LogP contribution in [0.1, 0.15) is 5.56 Å². The van der Waals surface area contributed by atoms with Crippen molar-refractivity contribution in [3.8, 4) is 11.4 Å². The smallest absolute Gasteiger partial charge is 0.141 e. The molecule has 1 aromatic carbocycles. The Kier molecular flexibility index (Phi) is 1.97. The molecule has 0 unspecified atom stereocenters. The van der Waals surface area contributed by atoms with Gasteiger partial charge in [-0.25, -0.2) is 4.98 Å². The molecule has 2 heterocycles. The number of imidazole rings is 1. The van der Waals surface area contributed by atoms with Crippen LogP contribution in [0.15, 0.2) is 29.6 Å². The zero-order valence-corrected chi connectivity index (χ0v) is 9.64. The number of anilines is 1. The number of rotatable bonds is 1. The van der Waals surface area contributed by atoms with E-state index in [0.717, 1.165) is 27.4 Å². The second-order valence-electron chi connectivity index (χ2n) is 3.76. The maximum Gasteiger partial charge on any atom is 0.141 e. The van der Waals surface area contributed by atoms with Crippen molar-refractivity contribution in [2.45, 2.75) is 6.92 Å². The molecule has 3 N–H and O–H groups in total. The summed E-state index contributed by atoms with van der Waals surface area (Å²) in [6.07, 6.45) is 0. The number of thiophene rings is 1. The van der Waals surface area contributed by atoms with Gasteiger partial charge in [-0.15, -0.1) is 11.3 Å². The van der Waals surface area contributed by atoms with Crippen molar-refractivity contribution in [1.82, 2.24) is 9.97 Å². The Morgan fingerprint density at radius 3 is 2.88 bits per heavy atom. The fourth-order valence-electron chi connectivity index (χ4n) is 1.82. The number of nitrogen functional groups attached to an aromatic ring is 1. The first-order valence-electron chi connectivity index (χ1n) is 5.04. The van der Waals surface area contributed by atoms with Crippen molar-refractivity contribution in [2.75, 3.05) is 5.73 Å². The van der Waals surface area contributed by atoms with Crippen LogP contribution >= 0.6 is 11.3 Å². The number of benzene rings is 1. The van der Waals surface area contributed by atoms with Gasteiger partial charge in [0.15, 0.2) is 0 Å². The lowest BCUT2D eigenvalue weighted by molar-refractivity contribution is 1.34. The van der Waals surface area contributed by atoms with Crippen LogP contribution in [0.4, 0.5) is 5.00 Å². The third-order valence-electron chi connectivity index (χ3n) is 2.66. The van der Waals surface area contributed by atoms with Gasteiger partial charge in [0.25, 0.3) is 0 Å². The van der Waals surface area contributed by atoms with E-state index in [0.29, 0.717) is 0 Å². The first-order chi connectivity index (χ1) is 7.75. The van der Waals surface area contributed by atoms with Crippen LogP contribution in [0.5, 0.6) is 0 Å². The molecule has 0 saturated carbocycles. The second-order valence-corrected chi connectivity index (χ2v) is 4.70. The van der Waals surface area contributed by atoms with Gasteiger partial charge in [0.2, 0.25) is 0 Å². The number of aromatic amines is 1. The highest BCUT2D eigenvalue weighted by molar-refractivity contribution is 7.14. The molecule has 3 aromatic rings. The van der Waals surface area contributed by atoms with Crippen molar-refractivity contribution >= 4 is 27.4 Å². The molecule has 0 radical (unpaired) electrons. The lowest BCUT2D eigenvalue weighted by atomic mass is 10.2. The molecule has 0 amide bonds. The SMILES string of the molecule is Cc1cccc2[nH]c(-c3ccsc3N)nc12. The number of para-hydroxylation sites is 1. The summed E-state index contributed by atoms with van der Waals surface area (Å²) in [7, 11) is 0. The van der Waals surface area contributed by atoms with Crippen LogP contribution < -0.4 is 5.73 Å². The average molecular weight is 229 g/mol. The van der Waals surface area contributed by atoms with Gasteiger partial charge >= 0.3 is 0 Å². The van der Waals surface area contributed by atoms with Crippen LogP contribution in [-0.2, 0) is 0 Å². The largest absolute Gasteiger partial charge is 0.390 e. The van der Waals surface area contributed by atoms with E-state index in [1.165, 1.54) is 16.9 Å². The number of nitrogens with two attached hydrogens (primary N) is 1. The molecule has 0 bridgehead atoms. The first kappa shape index (κ1) is 9.42. The minimum Gasteiger partial charge on any atom is -0.390 e. The molecule has 2 aromatic heterocycles. The molecule has 4 heteroatoms. The van der Waals surface area contributed by atoms with E-state index in [9.17, 15) is 0 Å². The third-order valence-corrected chi connectivity index (χ3v) is 3.41. The molecular weight excluding hydrogens is 218 g/mol. The van der Waals surface area contributed by atoms with Crippen LogP contribution in [0, 0.1) is 6.92 Å². The maximum absolute atomic E-state index is 5.89. The third kappa shape index (κ3) is 1.31. The average Bonchev–Trinajstić information content (AvgIpc) is 2.84. The summed E-state index contributed by atoms with van der Waals surface area (Å²) in [6, 6.07) is 8.11. The van der Waals surface area contributed by atoms with Gasteiger partial charge < -0.3 is 10.7 Å². The van der Waals surface area contributed by atoms with Gasteiger partial charge in [-0.1, -0.05) is 12.1 Å². The normalized spacial score (nSPS) is 11.1. The highest BCUT2D eigenvalue weighted by atomic mass is 32.1. The first-order valence-corrected chi connectivity index (χ1v) is 5.92. The molecule has 80 valence electrons. The van der Waals surface area contributed by atoms with E-state index in [4.69, 9.17) is 5.73 Å². The van der Waals surface area contributed by atoms with Gasteiger partial charge in [0.05, 0.1) is 21.6 Å². The monoisotopic (exact) mass is 229 g/mol. The predicted molar refractivity (Wildman–Crippen MR) is 68.6 cm³/mol. The highest BCUT2D eigenvalue weighted by Crippen LogP contribution is 2.30. The van der Waals surface area contributed by atoms with Crippen LogP contribution in [0.25, 0.3) is 22.4 Å². The fourth-order valence-corrected chi connectivity index (χ4v) is 2.46. The lowest BCUT2D eigenvalue weighted by Gasteiger charge is -1.92. The summed E-state index contributed by atoms with van der Waals surface area (Å²) in [5.41, 5.74) is 10.1. The molecule has 0 spiro atoms. The van der Waals surface area contributed by atoms with E-state index in [1.54, 1.807) is 0 Å². The Morgan fingerprint density at radius 1 is 1.31 bits per heavy atom. The molecule has 0 aliphatic carbocycles. The number of fused-ring (bicyclic) bond motifs is 1. The zero-order chi connectivity index (χ0) is 11.1. The Hall–Kier alpha value is -1.81. The molecule has 3 nitrogen and oxygen atoms in total. The van der Waals surface area contributed by atoms with Crippen molar-refractivity contribution in [3.05, 3.63) is 35.2 Å². The van der Waals surface area contributed by atoms with Gasteiger partial charge in [-0.05, 0) is 30.0 Å². The predicted octanol–water partition coefficient (Wildman–Crippen LogP) is 3.18. The summed E-state index contributed by atoms with van der Waals surface area (Å²) in [4.78, 5) is 7.88. The fraction of sp³-hybridized carbons (Fsp3) is 0.0833. The van der Waals surface area contributed by atoms with Gasteiger partial charge in [0.1, 0.15) is 5.82 Å². The van der Waals surface area contributed by atoms with E-state index < -0.39 is 0 Å². The molecule has 0 atom stereocenters. The molecule has 0 aliphatic rings. The maximum atomic E-state index is 5.89. The summed E-state index contributed by atoms with van der Waals surface area (Å²) in [6.45, 7) is 2.06. The molecule has 0 aliphatic heterocycles. The molecule has 3 rings (SSSR count). The van der Waals surface area contributed by atoms with Crippen LogP contribution in [0.2, 0.25) is 0 Å². The lowest BCUT2D eigenvalue weighted by Crippen LogP contribution is -1.84. The molecular formula is C12H11N3S. The van der Waals surface area contributed by atoms with Crippen molar-refractivity contribution in [2.24, 2.45) is 0 Å². The molecule has 0 fully saturated rings. The summed E-state index contributed by atoms with van der Waals surface area (Å²) >= 11 is 1.53. The number of H-pyrrole nitrogens is 1. The van der Waals surface area contributed by atoms with E-state index in [-0.39, 0.29) is 0 Å². The minimum atomic E-state index is 0.803. The Morgan fingerprint density at radius 2 is 2.19 bits per heavy atom. The molecule has 16 heavy (non-hydrogen) atoms. The standard InChI is InChI=1S/C12H11N3S/c1-7-3-2-4-9-10(7)15-12(14-9)8-5-6-16-11(8)13/h2-6H,13H2,1H3,(H,14,15). The van der Waals surface area contributed by atoms with Crippen molar-refractivity contribution in [3.63, 3.8) is 0 Å². The summed E-state index contributed by atoms with van der Waals surface area (Å²) < 4.78 is 0. The number of aryl methyl sites for hydroxylation is 1. The minimum absolute atomic E-state index is 0.803. The summed E-state index contributed by atoms with van der Waals surface area (Å²) in [5, 5.41) is 2.78. The Bertz CT molecular complexity index is 651. The van der Waals surface area contributed by atoms with E-state index >= 15 is 0 Å². The van der Waals surface area contributed by atoms with Gasteiger partial charge in [0, 0.05) is 0 Å². The quantitative estimate of drug-likeness (QED) is 0.673. The Labute approximate surface area is 96.9 Å². The zero-order valence-electron chi connectivity index (χ0n) is 8.82. The number of aromatic nitrogens is 2. The van der Waals surface area contributed by atoms with Gasteiger partial charge in [-0.3, -0.25) is 0 Å². The number of nitrogens with one attached hydrogen (secondary N) is 1. The van der Waals surface area contributed by atoms with Crippen LogP contribution in [0.3, 0.4) is 0 Å². The van der Waals surface area contributed by atoms with Crippen molar-refractivity contribution in [1.29, 1.82) is 0 Å². The van der Waals surface area contributed by atoms with E-state index in [2.05, 4.69) is 23.0 Å². The number of hydrogen-bond acceptors (Lipinski definition) is 3. The van der Waals surface area contributed by atoms with E-state index in [1.807, 2.05) is 23.6 Å². The van der Waals surface area contributed by atoms with Crippen molar-refractivity contribution < 1.29 is 0 Å². The second kappa shape index (κ2) is 3.35. The number of hydrogen-bond donors (Lipinski definition) is 2. The molecule has 0 saturated heterocycles. The van der Waals surface area contributed by atoms with Gasteiger partial charge in [-0.2, -0.15) is 0 Å². The number of nitrogens with zero attached hydrogens (tertiary/aromatic N) is 1. The summed E-state index contributed by atoms with van der Waals surface area (Å²) in [5.74, 6) is 0.850.